The van der Waals surface area contributed by atoms with Gasteiger partial charge in [0.15, 0.2) is 0 Å². The number of pyridine rings is 1. The molecule has 0 aliphatic heterocycles. The molecule has 0 aromatic carbocycles. The van der Waals surface area contributed by atoms with Crippen LogP contribution in [0.3, 0.4) is 0 Å². The van der Waals surface area contributed by atoms with Crippen LogP contribution in [0.2, 0.25) is 0 Å². The lowest BCUT2D eigenvalue weighted by molar-refractivity contribution is 0.0696. The minimum Gasteiger partial charge on any atom is -0.481 e. The largest absolute Gasteiger partial charge is 0.481 e. The predicted molar refractivity (Wildman–Crippen MR) is 70.4 cm³/mol. The fourth-order valence-electron chi connectivity index (χ4n) is 1.46. The second-order valence-corrected chi connectivity index (χ2v) is 4.62. The van der Waals surface area contributed by atoms with Gasteiger partial charge in [-0.05, 0) is 5.56 Å². The third kappa shape index (κ3) is 3.73. The fourth-order valence-corrected chi connectivity index (χ4v) is 2.11. The highest BCUT2D eigenvalue weighted by atomic mass is 32.1. The number of carboxylic acids is 1. The average molecular weight is 279 g/mol. The van der Waals surface area contributed by atoms with Crippen molar-refractivity contribution in [3.05, 3.63) is 40.0 Å². The molecule has 0 saturated carbocycles. The van der Waals surface area contributed by atoms with Gasteiger partial charge in [-0.15, -0.1) is 11.3 Å². The standard InChI is InChI=1S/C12H13N3O3S/c1-18-10-3-2-8(5-14-10)4-13-6-9-7-19-11(15-9)12(16)17/h2-3,5,7,13H,4,6H2,1H3,(H,16,17). The Morgan fingerprint density at radius 2 is 2.32 bits per heavy atom. The highest BCUT2D eigenvalue weighted by Gasteiger charge is 2.08. The van der Waals surface area contributed by atoms with Gasteiger partial charge >= 0.3 is 5.97 Å². The van der Waals surface area contributed by atoms with Crippen LogP contribution in [0.1, 0.15) is 21.1 Å². The van der Waals surface area contributed by atoms with Gasteiger partial charge in [0.25, 0.3) is 0 Å². The molecule has 19 heavy (non-hydrogen) atoms. The molecule has 100 valence electrons. The van der Waals surface area contributed by atoms with Gasteiger partial charge in [-0.2, -0.15) is 0 Å². The van der Waals surface area contributed by atoms with Crippen LogP contribution in [-0.2, 0) is 13.1 Å². The summed E-state index contributed by atoms with van der Waals surface area (Å²) < 4.78 is 4.97. The number of ether oxygens (including phenoxy) is 1. The van der Waals surface area contributed by atoms with E-state index in [1.807, 2.05) is 6.07 Å². The van der Waals surface area contributed by atoms with Gasteiger partial charge in [0, 0.05) is 30.7 Å². The topological polar surface area (TPSA) is 84.3 Å². The summed E-state index contributed by atoms with van der Waals surface area (Å²) >= 11 is 1.13. The summed E-state index contributed by atoms with van der Waals surface area (Å²) in [6.45, 7) is 1.16. The molecular weight excluding hydrogens is 266 g/mol. The van der Waals surface area contributed by atoms with E-state index in [1.54, 1.807) is 24.8 Å². The van der Waals surface area contributed by atoms with Gasteiger partial charge in [0.05, 0.1) is 12.8 Å². The molecule has 0 radical (unpaired) electrons. The zero-order chi connectivity index (χ0) is 13.7. The number of nitrogens with zero attached hydrogens (tertiary/aromatic N) is 2. The molecule has 2 N–H and O–H groups in total. The summed E-state index contributed by atoms with van der Waals surface area (Å²) in [5.41, 5.74) is 1.75. The molecule has 0 bridgehead atoms. The highest BCUT2D eigenvalue weighted by molar-refractivity contribution is 7.11. The number of rotatable bonds is 6. The van der Waals surface area contributed by atoms with Crippen LogP contribution in [0.4, 0.5) is 0 Å². The number of carboxylic acid groups (broad SMARTS) is 1. The summed E-state index contributed by atoms with van der Waals surface area (Å²) in [7, 11) is 1.57. The number of carbonyl (C=O) groups is 1. The lowest BCUT2D eigenvalue weighted by Gasteiger charge is -2.03. The minimum absolute atomic E-state index is 0.114. The second kappa shape index (κ2) is 6.26. The van der Waals surface area contributed by atoms with Crippen LogP contribution >= 0.6 is 11.3 Å². The van der Waals surface area contributed by atoms with E-state index in [2.05, 4.69) is 15.3 Å². The molecule has 0 spiro atoms. The molecule has 7 heteroatoms. The maximum Gasteiger partial charge on any atom is 0.365 e. The van der Waals surface area contributed by atoms with Gasteiger partial charge in [0.1, 0.15) is 0 Å². The lowest BCUT2D eigenvalue weighted by atomic mass is 10.3. The van der Waals surface area contributed by atoms with E-state index in [9.17, 15) is 4.79 Å². The summed E-state index contributed by atoms with van der Waals surface area (Å²) in [5.74, 6) is -0.412. The first kappa shape index (κ1) is 13.4. The Balaban J connectivity index is 1.83. The van der Waals surface area contributed by atoms with Crippen LogP contribution in [0.5, 0.6) is 5.88 Å². The first-order chi connectivity index (χ1) is 9.19. The fraction of sp³-hybridized carbons (Fsp3) is 0.250. The zero-order valence-corrected chi connectivity index (χ0v) is 11.1. The number of methoxy groups -OCH3 is 1. The third-order valence-electron chi connectivity index (χ3n) is 2.38. The van der Waals surface area contributed by atoms with Crippen molar-refractivity contribution < 1.29 is 14.6 Å². The predicted octanol–water partition coefficient (Wildman–Crippen LogP) is 1.53. The zero-order valence-electron chi connectivity index (χ0n) is 10.3. The minimum atomic E-state index is -0.990. The molecule has 6 nitrogen and oxygen atoms in total. The highest BCUT2D eigenvalue weighted by Crippen LogP contribution is 2.10. The van der Waals surface area contributed by atoms with E-state index in [-0.39, 0.29) is 5.01 Å². The summed E-state index contributed by atoms with van der Waals surface area (Å²) in [4.78, 5) is 18.8. The monoisotopic (exact) mass is 279 g/mol. The number of aromatic nitrogens is 2. The molecule has 0 aliphatic rings. The van der Waals surface area contributed by atoms with E-state index >= 15 is 0 Å². The molecule has 0 aliphatic carbocycles. The summed E-state index contributed by atoms with van der Waals surface area (Å²) in [6.07, 6.45) is 1.73. The summed E-state index contributed by atoms with van der Waals surface area (Å²) in [5, 5.41) is 13.8. The lowest BCUT2D eigenvalue weighted by Crippen LogP contribution is -2.13. The van der Waals surface area contributed by atoms with Crippen molar-refractivity contribution in [1.82, 2.24) is 15.3 Å². The Kier molecular flexibility index (Phi) is 4.43. The average Bonchev–Trinajstić information content (AvgIpc) is 2.89. The summed E-state index contributed by atoms with van der Waals surface area (Å²) in [6, 6.07) is 3.71. The number of hydrogen-bond acceptors (Lipinski definition) is 6. The molecule has 0 unspecified atom stereocenters. The third-order valence-corrected chi connectivity index (χ3v) is 3.26. The first-order valence-corrected chi connectivity index (χ1v) is 6.44. The van der Waals surface area contributed by atoms with Crippen molar-refractivity contribution in [2.24, 2.45) is 0 Å². The van der Waals surface area contributed by atoms with Crippen molar-refractivity contribution in [1.29, 1.82) is 0 Å². The number of nitrogens with one attached hydrogen (secondary N) is 1. The molecule has 2 aromatic rings. The molecule has 0 fully saturated rings. The number of aromatic carboxylic acids is 1. The SMILES string of the molecule is COc1ccc(CNCc2csc(C(=O)O)n2)cn1. The Hall–Kier alpha value is -1.99. The molecule has 0 saturated heterocycles. The Morgan fingerprint density at radius 3 is 2.89 bits per heavy atom. The van der Waals surface area contributed by atoms with Gasteiger partial charge in [-0.1, -0.05) is 6.07 Å². The first-order valence-electron chi connectivity index (χ1n) is 5.56. The van der Waals surface area contributed by atoms with E-state index in [4.69, 9.17) is 9.84 Å². The van der Waals surface area contributed by atoms with Crippen LogP contribution in [0.25, 0.3) is 0 Å². The smallest absolute Gasteiger partial charge is 0.365 e. The maximum atomic E-state index is 10.7. The van der Waals surface area contributed by atoms with Crippen LogP contribution in [-0.4, -0.2) is 28.2 Å². The van der Waals surface area contributed by atoms with Crippen molar-refractivity contribution in [2.75, 3.05) is 7.11 Å². The molecule has 2 aromatic heterocycles. The number of thiazole rings is 1. The van der Waals surface area contributed by atoms with Gasteiger partial charge in [0.2, 0.25) is 10.9 Å². The maximum absolute atomic E-state index is 10.7. The van der Waals surface area contributed by atoms with Crippen LogP contribution < -0.4 is 10.1 Å². The second-order valence-electron chi connectivity index (χ2n) is 3.76. The van der Waals surface area contributed by atoms with Gasteiger partial charge in [-0.3, -0.25) is 0 Å². The Bertz CT molecular complexity index is 554. The van der Waals surface area contributed by atoms with E-state index in [0.29, 0.717) is 19.0 Å². The van der Waals surface area contributed by atoms with E-state index in [0.717, 1.165) is 22.6 Å². The molecule has 2 rings (SSSR count). The van der Waals surface area contributed by atoms with Crippen molar-refractivity contribution in [3.63, 3.8) is 0 Å². The molecule has 0 atom stereocenters. The molecule has 2 heterocycles. The van der Waals surface area contributed by atoms with E-state index in [1.165, 1.54) is 0 Å². The van der Waals surface area contributed by atoms with Gasteiger partial charge < -0.3 is 15.2 Å². The normalized spacial score (nSPS) is 10.4. The van der Waals surface area contributed by atoms with Gasteiger partial charge in [-0.25, -0.2) is 14.8 Å². The van der Waals surface area contributed by atoms with Crippen molar-refractivity contribution >= 4 is 17.3 Å². The molecular formula is C12H13N3O3S. The van der Waals surface area contributed by atoms with Crippen LogP contribution in [0, 0.1) is 0 Å². The Morgan fingerprint density at radius 1 is 1.47 bits per heavy atom. The van der Waals surface area contributed by atoms with Crippen LogP contribution in [0.15, 0.2) is 23.7 Å². The molecule has 0 amide bonds. The Labute approximate surface area is 114 Å². The quantitative estimate of drug-likeness (QED) is 0.834. The van der Waals surface area contributed by atoms with Crippen molar-refractivity contribution in [3.8, 4) is 5.88 Å². The van der Waals surface area contributed by atoms with E-state index < -0.39 is 5.97 Å². The van der Waals surface area contributed by atoms with Crippen molar-refractivity contribution in [2.45, 2.75) is 13.1 Å². The number of hydrogen-bond donors (Lipinski definition) is 2.